The molecule has 108 valence electrons. The molecular weight excluding hydrogens is 262 g/mol. The van der Waals surface area contributed by atoms with Crippen molar-refractivity contribution < 1.29 is 9.47 Å². The van der Waals surface area contributed by atoms with E-state index in [-0.39, 0.29) is 6.01 Å². The van der Waals surface area contributed by atoms with Crippen molar-refractivity contribution >= 4 is 5.95 Å². The molecule has 0 unspecified atom stereocenters. The second-order valence-corrected chi connectivity index (χ2v) is 3.81. The van der Waals surface area contributed by atoms with Gasteiger partial charge in [0.25, 0.3) is 5.95 Å². The number of anilines is 1. The number of aromatic nitrogens is 6. The highest BCUT2D eigenvalue weighted by atomic mass is 16.5. The Hall–Kier alpha value is -2.29. The van der Waals surface area contributed by atoms with Gasteiger partial charge in [-0.15, -0.1) is 0 Å². The van der Waals surface area contributed by atoms with E-state index in [9.17, 15) is 0 Å². The van der Waals surface area contributed by atoms with Gasteiger partial charge < -0.3 is 14.8 Å². The maximum absolute atomic E-state index is 5.49. The van der Waals surface area contributed by atoms with Crippen LogP contribution >= 0.6 is 0 Å². The fourth-order valence-corrected chi connectivity index (χ4v) is 1.43. The van der Waals surface area contributed by atoms with E-state index in [2.05, 4.69) is 30.4 Å². The molecular formula is C11H17N7O2. The first-order chi connectivity index (χ1) is 9.83. The number of ether oxygens (including phenoxy) is 2. The van der Waals surface area contributed by atoms with Crippen LogP contribution in [0.15, 0.2) is 12.7 Å². The molecule has 0 amide bonds. The molecule has 2 heterocycles. The molecule has 0 spiro atoms. The first kappa shape index (κ1) is 14.1. The minimum Gasteiger partial charge on any atom is -0.463 e. The number of hydrogen-bond acceptors (Lipinski definition) is 8. The molecule has 2 rings (SSSR count). The summed E-state index contributed by atoms with van der Waals surface area (Å²) in [5.74, 6) is 0.796. The SMILES string of the molecule is CCNc1nc(OCCCOC)nc(-n2cncn2)n1. The van der Waals surface area contributed by atoms with E-state index < -0.39 is 0 Å². The molecule has 20 heavy (non-hydrogen) atoms. The molecule has 9 heteroatoms. The lowest BCUT2D eigenvalue weighted by molar-refractivity contribution is 0.168. The Labute approximate surface area is 116 Å². The van der Waals surface area contributed by atoms with E-state index in [1.807, 2.05) is 6.92 Å². The maximum Gasteiger partial charge on any atom is 0.323 e. The number of methoxy groups -OCH3 is 1. The van der Waals surface area contributed by atoms with Gasteiger partial charge in [0.05, 0.1) is 6.61 Å². The largest absolute Gasteiger partial charge is 0.463 e. The van der Waals surface area contributed by atoms with Crippen LogP contribution in [0.2, 0.25) is 0 Å². The second kappa shape index (κ2) is 7.34. The van der Waals surface area contributed by atoms with Gasteiger partial charge in [-0.25, -0.2) is 4.98 Å². The van der Waals surface area contributed by atoms with Gasteiger partial charge in [0, 0.05) is 26.7 Å². The van der Waals surface area contributed by atoms with Crippen LogP contribution in [0.3, 0.4) is 0 Å². The zero-order chi connectivity index (χ0) is 14.2. The quantitative estimate of drug-likeness (QED) is 0.689. The lowest BCUT2D eigenvalue weighted by Gasteiger charge is -2.08. The molecule has 0 bridgehead atoms. The van der Waals surface area contributed by atoms with Crippen molar-refractivity contribution in [2.24, 2.45) is 0 Å². The maximum atomic E-state index is 5.49. The monoisotopic (exact) mass is 279 g/mol. The Morgan fingerprint density at radius 2 is 2.15 bits per heavy atom. The fraction of sp³-hybridized carbons (Fsp3) is 0.545. The molecule has 0 saturated heterocycles. The number of nitrogens with zero attached hydrogens (tertiary/aromatic N) is 6. The predicted octanol–water partition coefficient (Wildman–Crippen LogP) is 0.299. The van der Waals surface area contributed by atoms with Crippen molar-refractivity contribution in [2.45, 2.75) is 13.3 Å². The average Bonchev–Trinajstić information content (AvgIpc) is 2.98. The standard InChI is InChI=1S/C11H17N7O2/c1-3-13-9-15-10(18-8-12-7-14-18)17-11(16-9)20-6-4-5-19-2/h7-8H,3-6H2,1-2H3,(H,13,15,16,17). The van der Waals surface area contributed by atoms with Crippen molar-refractivity contribution in [1.29, 1.82) is 0 Å². The van der Waals surface area contributed by atoms with Gasteiger partial charge in [0.1, 0.15) is 12.7 Å². The number of rotatable bonds is 8. The zero-order valence-electron chi connectivity index (χ0n) is 11.5. The molecule has 2 aromatic rings. The molecule has 0 aliphatic heterocycles. The van der Waals surface area contributed by atoms with Crippen molar-refractivity contribution in [3.63, 3.8) is 0 Å². The Morgan fingerprint density at radius 1 is 1.25 bits per heavy atom. The second-order valence-electron chi connectivity index (χ2n) is 3.81. The molecule has 0 fully saturated rings. The Kier molecular flexibility index (Phi) is 5.18. The zero-order valence-corrected chi connectivity index (χ0v) is 11.5. The van der Waals surface area contributed by atoms with Crippen molar-refractivity contribution in [2.75, 3.05) is 32.2 Å². The van der Waals surface area contributed by atoms with E-state index in [1.54, 1.807) is 7.11 Å². The highest BCUT2D eigenvalue weighted by Crippen LogP contribution is 2.10. The Bertz CT molecular complexity index is 517. The third kappa shape index (κ3) is 3.85. The van der Waals surface area contributed by atoms with Crippen molar-refractivity contribution in [3.05, 3.63) is 12.7 Å². The number of nitrogens with one attached hydrogen (secondary N) is 1. The molecule has 0 saturated carbocycles. The van der Waals surface area contributed by atoms with Crippen molar-refractivity contribution in [1.82, 2.24) is 29.7 Å². The highest BCUT2D eigenvalue weighted by molar-refractivity contribution is 5.29. The van der Waals surface area contributed by atoms with Crippen LogP contribution in [0.5, 0.6) is 6.01 Å². The third-order valence-electron chi connectivity index (χ3n) is 2.29. The van der Waals surface area contributed by atoms with E-state index in [4.69, 9.17) is 9.47 Å². The Balaban J connectivity index is 2.13. The van der Waals surface area contributed by atoms with Crippen LogP contribution in [0.4, 0.5) is 5.95 Å². The van der Waals surface area contributed by atoms with Gasteiger partial charge in [-0.2, -0.15) is 24.7 Å². The average molecular weight is 279 g/mol. The van der Waals surface area contributed by atoms with Gasteiger partial charge in [-0.05, 0) is 6.92 Å². The Morgan fingerprint density at radius 3 is 2.85 bits per heavy atom. The van der Waals surface area contributed by atoms with E-state index in [0.717, 1.165) is 6.42 Å². The van der Waals surface area contributed by atoms with Crippen molar-refractivity contribution in [3.8, 4) is 12.0 Å². The first-order valence-corrected chi connectivity index (χ1v) is 6.30. The van der Waals surface area contributed by atoms with Gasteiger partial charge in [0.15, 0.2) is 0 Å². The van der Waals surface area contributed by atoms with Crippen LogP contribution in [-0.2, 0) is 4.74 Å². The number of hydrogen-bond donors (Lipinski definition) is 1. The summed E-state index contributed by atoms with van der Waals surface area (Å²) < 4.78 is 11.9. The topological polar surface area (TPSA) is 99.9 Å². The van der Waals surface area contributed by atoms with Gasteiger partial charge in [0.2, 0.25) is 5.95 Å². The molecule has 9 nitrogen and oxygen atoms in total. The van der Waals surface area contributed by atoms with E-state index in [1.165, 1.54) is 17.3 Å². The summed E-state index contributed by atoms with van der Waals surface area (Å²) >= 11 is 0. The highest BCUT2D eigenvalue weighted by Gasteiger charge is 2.09. The lowest BCUT2D eigenvalue weighted by Crippen LogP contribution is -2.12. The molecule has 0 aliphatic carbocycles. The molecule has 1 N–H and O–H groups in total. The molecule has 2 aromatic heterocycles. The molecule has 0 atom stereocenters. The first-order valence-electron chi connectivity index (χ1n) is 6.30. The normalized spacial score (nSPS) is 10.5. The third-order valence-corrected chi connectivity index (χ3v) is 2.29. The van der Waals surface area contributed by atoms with Crippen LogP contribution in [0.25, 0.3) is 5.95 Å². The smallest absolute Gasteiger partial charge is 0.323 e. The fourth-order valence-electron chi connectivity index (χ4n) is 1.43. The summed E-state index contributed by atoms with van der Waals surface area (Å²) in [6.07, 6.45) is 3.69. The summed E-state index contributed by atoms with van der Waals surface area (Å²) in [5.41, 5.74) is 0. The lowest BCUT2D eigenvalue weighted by atomic mass is 10.5. The summed E-state index contributed by atoms with van der Waals surface area (Å²) in [7, 11) is 1.65. The van der Waals surface area contributed by atoms with Crippen LogP contribution < -0.4 is 10.1 Å². The summed E-state index contributed by atoms with van der Waals surface area (Å²) in [4.78, 5) is 16.5. The predicted molar refractivity (Wildman–Crippen MR) is 70.9 cm³/mol. The summed E-state index contributed by atoms with van der Waals surface area (Å²) in [6.45, 7) is 3.75. The van der Waals surface area contributed by atoms with Gasteiger partial charge in [-0.1, -0.05) is 0 Å². The molecule has 0 aliphatic rings. The molecule has 0 aromatic carbocycles. The van der Waals surface area contributed by atoms with Crippen LogP contribution in [0, 0.1) is 0 Å². The van der Waals surface area contributed by atoms with E-state index >= 15 is 0 Å². The molecule has 0 radical (unpaired) electrons. The van der Waals surface area contributed by atoms with Crippen LogP contribution in [-0.4, -0.2) is 56.6 Å². The van der Waals surface area contributed by atoms with E-state index in [0.29, 0.717) is 31.7 Å². The minimum atomic E-state index is 0.248. The van der Waals surface area contributed by atoms with Gasteiger partial charge in [-0.3, -0.25) is 0 Å². The summed E-state index contributed by atoms with van der Waals surface area (Å²) in [5, 5.41) is 7.01. The minimum absolute atomic E-state index is 0.248. The summed E-state index contributed by atoms with van der Waals surface area (Å²) in [6, 6.07) is 0.248. The van der Waals surface area contributed by atoms with Gasteiger partial charge >= 0.3 is 6.01 Å². The van der Waals surface area contributed by atoms with Crippen LogP contribution in [0.1, 0.15) is 13.3 Å².